The molecule has 31 heavy (non-hydrogen) atoms. The van der Waals surface area contributed by atoms with Crippen molar-refractivity contribution in [1.82, 2.24) is 24.6 Å². The summed E-state index contributed by atoms with van der Waals surface area (Å²) in [5.41, 5.74) is 1.29. The molecule has 0 spiro atoms. The van der Waals surface area contributed by atoms with Crippen LogP contribution in [0.5, 0.6) is 0 Å². The van der Waals surface area contributed by atoms with E-state index in [1.54, 1.807) is 31.3 Å². The van der Waals surface area contributed by atoms with Crippen molar-refractivity contribution in [3.8, 4) is 0 Å². The van der Waals surface area contributed by atoms with Crippen molar-refractivity contribution >= 4 is 23.9 Å². The number of aliphatic hydroxyl groups excluding tert-OH is 1. The zero-order chi connectivity index (χ0) is 22.5. The highest BCUT2D eigenvalue weighted by Gasteiger charge is 2.43. The highest BCUT2D eigenvalue weighted by Crippen LogP contribution is 2.39. The van der Waals surface area contributed by atoms with Gasteiger partial charge in [0.1, 0.15) is 17.7 Å². The molecule has 1 aromatic heterocycles. The van der Waals surface area contributed by atoms with Gasteiger partial charge >= 0.3 is 0 Å². The standard InChI is InChI=1S/C22H32ClN5O3/c1-25(10-5-11-29)22(31)20-21(26(2)15-30)27(3)19(12-16-6-4-7-16)28(20)14-18-9-8-17(23)13-24-18/h8-9,13,15-16,19,29H,4-7,10-12,14H2,1-3H3. The lowest BCUT2D eigenvalue weighted by Gasteiger charge is -2.38. The minimum atomic E-state index is -0.172. The topological polar surface area (TPSA) is 80.2 Å². The molecule has 1 atom stereocenters. The van der Waals surface area contributed by atoms with E-state index in [0.29, 0.717) is 42.0 Å². The minimum absolute atomic E-state index is 0.0143. The van der Waals surface area contributed by atoms with Gasteiger partial charge in [-0.2, -0.15) is 0 Å². The zero-order valence-electron chi connectivity index (χ0n) is 18.5. The van der Waals surface area contributed by atoms with Gasteiger partial charge in [-0.25, -0.2) is 0 Å². The molecule has 0 saturated heterocycles. The van der Waals surface area contributed by atoms with Gasteiger partial charge in [-0.1, -0.05) is 30.9 Å². The summed E-state index contributed by atoms with van der Waals surface area (Å²) in [5.74, 6) is 1.03. The lowest BCUT2D eigenvalue weighted by atomic mass is 9.82. The summed E-state index contributed by atoms with van der Waals surface area (Å²) in [4.78, 5) is 36.9. The second kappa shape index (κ2) is 10.3. The number of likely N-dealkylation sites (N-methyl/N-ethyl adjacent to an activating group) is 1. The number of amides is 2. The Kier molecular flexibility index (Phi) is 7.78. The molecule has 0 bridgehead atoms. The molecular formula is C22H32ClN5O3. The quantitative estimate of drug-likeness (QED) is 0.551. The third-order valence-electron chi connectivity index (χ3n) is 6.22. The molecule has 1 saturated carbocycles. The van der Waals surface area contributed by atoms with Gasteiger partial charge in [-0.3, -0.25) is 14.6 Å². The molecule has 9 heteroatoms. The number of aliphatic hydroxyl groups is 1. The summed E-state index contributed by atoms with van der Waals surface area (Å²) in [6.45, 7) is 0.880. The first kappa shape index (κ1) is 23.3. The molecule has 1 aromatic rings. The van der Waals surface area contributed by atoms with Crippen molar-refractivity contribution in [2.75, 3.05) is 34.3 Å². The molecule has 1 unspecified atom stereocenters. The Morgan fingerprint density at radius 2 is 2.10 bits per heavy atom. The van der Waals surface area contributed by atoms with Crippen LogP contribution in [0.15, 0.2) is 29.8 Å². The molecule has 0 aromatic carbocycles. The number of aromatic nitrogens is 1. The van der Waals surface area contributed by atoms with Crippen molar-refractivity contribution in [3.63, 3.8) is 0 Å². The van der Waals surface area contributed by atoms with E-state index in [9.17, 15) is 14.7 Å². The van der Waals surface area contributed by atoms with Gasteiger partial charge in [0.05, 0.1) is 17.3 Å². The Morgan fingerprint density at radius 1 is 1.35 bits per heavy atom. The van der Waals surface area contributed by atoms with Crippen LogP contribution < -0.4 is 0 Å². The highest BCUT2D eigenvalue weighted by atomic mass is 35.5. The van der Waals surface area contributed by atoms with Crippen LogP contribution in [0, 0.1) is 5.92 Å². The number of halogens is 1. The fourth-order valence-electron chi connectivity index (χ4n) is 4.24. The Bertz CT molecular complexity index is 812. The number of hydrogen-bond donors (Lipinski definition) is 1. The maximum atomic E-state index is 13.5. The fourth-order valence-corrected chi connectivity index (χ4v) is 4.35. The monoisotopic (exact) mass is 449 g/mol. The third-order valence-corrected chi connectivity index (χ3v) is 6.45. The average Bonchev–Trinajstić information content (AvgIpc) is 3.00. The molecular weight excluding hydrogens is 418 g/mol. The summed E-state index contributed by atoms with van der Waals surface area (Å²) in [6, 6.07) is 3.66. The van der Waals surface area contributed by atoms with E-state index >= 15 is 0 Å². The Labute approximate surface area is 189 Å². The molecule has 8 nitrogen and oxygen atoms in total. The van der Waals surface area contributed by atoms with Gasteiger partial charge in [0.2, 0.25) is 6.41 Å². The normalized spacial score (nSPS) is 18.9. The van der Waals surface area contributed by atoms with Gasteiger partial charge in [-0.15, -0.1) is 0 Å². The minimum Gasteiger partial charge on any atom is -0.396 e. The predicted octanol–water partition coefficient (Wildman–Crippen LogP) is 2.10. The van der Waals surface area contributed by atoms with E-state index in [0.717, 1.165) is 18.5 Å². The van der Waals surface area contributed by atoms with Crippen molar-refractivity contribution in [1.29, 1.82) is 0 Å². The molecule has 1 aliphatic heterocycles. The van der Waals surface area contributed by atoms with Crippen LogP contribution in [0.4, 0.5) is 0 Å². The summed E-state index contributed by atoms with van der Waals surface area (Å²) in [6.07, 6.45) is 7.32. The van der Waals surface area contributed by atoms with Crippen LogP contribution in [0.25, 0.3) is 0 Å². The van der Waals surface area contributed by atoms with Crippen molar-refractivity contribution in [2.24, 2.45) is 5.92 Å². The van der Waals surface area contributed by atoms with Gasteiger partial charge in [0.25, 0.3) is 5.91 Å². The molecule has 1 fully saturated rings. The van der Waals surface area contributed by atoms with E-state index in [1.807, 2.05) is 18.0 Å². The third kappa shape index (κ3) is 5.13. The SMILES string of the molecule is CN(C=O)C1=C(C(=O)N(C)CCCO)N(Cc2ccc(Cl)cn2)C(CC2CCC2)N1C. The Balaban J connectivity index is 1.99. The van der Waals surface area contributed by atoms with E-state index in [2.05, 4.69) is 9.88 Å². The second-order valence-corrected chi connectivity index (χ2v) is 8.85. The van der Waals surface area contributed by atoms with Crippen LogP contribution >= 0.6 is 11.6 Å². The van der Waals surface area contributed by atoms with Crippen LogP contribution in [0.3, 0.4) is 0 Å². The molecule has 3 rings (SSSR count). The molecule has 1 N–H and O–H groups in total. The average molecular weight is 450 g/mol. The van der Waals surface area contributed by atoms with Gasteiger partial charge in [0, 0.05) is 40.5 Å². The lowest BCUT2D eigenvalue weighted by Crippen LogP contribution is -2.43. The number of hydrogen-bond acceptors (Lipinski definition) is 6. The number of carbonyl (C=O) groups is 2. The smallest absolute Gasteiger partial charge is 0.273 e. The number of nitrogens with zero attached hydrogens (tertiary/aromatic N) is 5. The predicted molar refractivity (Wildman–Crippen MR) is 118 cm³/mol. The van der Waals surface area contributed by atoms with E-state index < -0.39 is 0 Å². The Morgan fingerprint density at radius 3 is 2.65 bits per heavy atom. The van der Waals surface area contributed by atoms with E-state index in [4.69, 9.17) is 11.6 Å². The van der Waals surface area contributed by atoms with E-state index in [1.165, 1.54) is 24.2 Å². The number of pyridine rings is 1. The van der Waals surface area contributed by atoms with Crippen molar-refractivity contribution in [2.45, 2.75) is 44.8 Å². The lowest BCUT2D eigenvalue weighted by molar-refractivity contribution is -0.128. The van der Waals surface area contributed by atoms with Crippen LogP contribution in [0.1, 0.15) is 37.8 Å². The zero-order valence-corrected chi connectivity index (χ0v) is 19.3. The molecule has 1 aliphatic carbocycles. The fraction of sp³-hybridized carbons (Fsp3) is 0.591. The second-order valence-electron chi connectivity index (χ2n) is 8.41. The highest BCUT2D eigenvalue weighted by molar-refractivity contribution is 6.30. The molecule has 2 aliphatic rings. The van der Waals surface area contributed by atoms with Gasteiger partial charge in [0.15, 0.2) is 0 Å². The maximum Gasteiger partial charge on any atom is 0.273 e. The number of carbonyl (C=O) groups excluding carboxylic acids is 2. The first-order chi connectivity index (χ1) is 14.9. The van der Waals surface area contributed by atoms with Crippen LogP contribution in [-0.2, 0) is 16.1 Å². The Hall–Kier alpha value is -2.32. The number of rotatable bonds is 10. The van der Waals surface area contributed by atoms with Crippen LogP contribution in [0.2, 0.25) is 5.02 Å². The van der Waals surface area contributed by atoms with Gasteiger partial charge < -0.3 is 24.7 Å². The van der Waals surface area contributed by atoms with Crippen LogP contribution in [-0.4, -0.2) is 82.5 Å². The maximum absolute atomic E-state index is 13.5. The molecule has 2 heterocycles. The van der Waals surface area contributed by atoms with E-state index in [-0.39, 0.29) is 18.7 Å². The van der Waals surface area contributed by atoms with Crippen molar-refractivity contribution < 1.29 is 14.7 Å². The van der Waals surface area contributed by atoms with Gasteiger partial charge in [-0.05, 0) is 30.9 Å². The van der Waals surface area contributed by atoms with Crippen molar-refractivity contribution in [3.05, 3.63) is 40.6 Å². The summed E-state index contributed by atoms with van der Waals surface area (Å²) in [7, 11) is 5.33. The summed E-state index contributed by atoms with van der Waals surface area (Å²) >= 11 is 6.01. The first-order valence-electron chi connectivity index (χ1n) is 10.8. The molecule has 0 radical (unpaired) electrons. The molecule has 170 valence electrons. The largest absolute Gasteiger partial charge is 0.396 e. The molecule has 2 amide bonds. The first-order valence-corrected chi connectivity index (χ1v) is 11.1. The summed E-state index contributed by atoms with van der Waals surface area (Å²) in [5, 5.41) is 9.74. The summed E-state index contributed by atoms with van der Waals surface area (Å²) < 4.78 is 0.